The van der Waals surface area contributed by atoms with E-state index >= 15 is 0 Å². The fraction of sp³-hybridized carbons (Fsp3) is 0.0455. The molecule has 150 valence electrons. The molecule has 0 aliphatic heterocycles. The van der Waals surface area contributed by atoms with Crippen LogP contribution in [0.1, 0.15) is 31.8 Å². The average molecular weight is 403 g/mol. The van der Waals surface area contributed by atoms with Crippen molar-refractivity contribution < 1.29 is 19.2 Å². The molecule has 3 aromatic rings. The summed E-state index contributed by atoms with van der Waals surface area (Å²) in [6, 6.07) is 19.2. The molecule has 0 unspecified atom stereocenters. The van der Waals surface area contributed by atoms with E-state index in [4.69, 9.17) is 4.74 Å². The van der Waals surface area contributed by atoms with E-state index in [2.05, 4.69) is 10.5 Å². The number of hydrazone groups is 1. The van der Waals surface area contributed by atoms with Gasteiger partial charge < -0.3 is 4.74 Å². The van der Waals surface area contributed by atoms with Gasteiger partial charge in [0.25, 0.3) is 5.91 Å². The van der Waals surface area contributed by atoms with Crippen molar-refractivity contribution in [1.29, 1.82) is 0 Å². The molecular formula is C22H17N3O5. The summed E-state index contributed by atoms with van der Waals surface area (Å²) in [6.07, 6.45) is 1.19. The van der Waals surface area contributed by atoms with E-state index in [1.807, 2.05) is 13.0 Å². The smallest absolute Gasteiger partial charge is 0.343 e. The Morgan fingerprint density at radius 1 is 1.00 bits per heavy atom. The first-order chi connectivity index (χ1) is 14.5. The second kappa shape index (κ2) is 9.24. The summed E-state index contributed by atoms with van der Waals surface area (Å²) in [4.78, 5) is 35.3. The van der Waals surface area contributed by atoms with Crippen LogP contribution in [0.2, 0.25) is 0 Å². The summed E-state index contributed by atoms with van der Waals surface area (Å²) in [5, 5.41) is 15.2. The SMILES string of the molecule is Cc1cccc(C(=O)Oc2c(/C=N/NC(=O)c3ccccc3)cccc2[N+](=O)[O-])c1. The van der Waals surface area contributed by atoms with E-state index in [0.29, 0.717) is 5.56 Å². The van der Waals surface area contributed by atoms with Gasteiger partial charge in [0.2, 0.25) is 5.75 Å². The number of nitro benzene ring substituents is 1. The number of nitro groups is 1. The third-order valence-electron chi connectivity index (χ3n) is 4.08. The number of nitrogens with zero attached hydrogens (tertiary/aromatic N) is 2. The molecule has 3 rings (SSSR count). The first kappa shape index (κ1) is 20.4. The van der Waals surface area contributed by atoms with Gasteiger partial charge >= 0.3 is 11.7 Å². The van der Waals surface area contributed by atoms with Gasteiger partial charge in [0.1, 0.15) is 0 Å². The molecule has 0 atom stereocenters. The molecule has 0 heterocycles. The zero-order chi connectivity index (χ0) is 21.5. The number of carbonyl (C=O) groups excluding carboxylic acids is 2. The first-order valence-electron chi connectivity index (χ1n) is 8.90. The van der Waals surface area contributed by atoms with Crippen LogP contribution in [0, 0.1) is 17.0 Å². The summed E-state index contributed by atoms with van der Waals surface area (Å²) in [5.41, 5.74) is 3.61. The van der Waals surface area contributed by atoms with Gasteiger partial charge in [-0.1, -0.05) is 42.0 Å². The Hall–Kier alpha value is -4.33. The van der Waals surface area contributed by atoms with Crippen molar-refractivity contribution in [3.63, 3.8) is 0 Å². The zero-order valence-corrected chi connectivity index (χ0v) is 15.9. The molecule has 30 heavy (non-hydrogen) atoms. The molecule has 0 aliphatic rings. The molecule has 0 aromatic heterocycles. The topological polar surface area (TPSA) is 111 Å². The van der Waals surface area contributed by atoms with Gasteiger partial charge in [-0.05, 0) is 37.3 Å². The Morgan fingerprint density at radius 2 is 1.70 bits per heavy atom. The van der Waals surface area contributed by atoms with Gasteiger partial charge in [-0.3, -0.25) is 14.9 Å². The van der Waals surface area contributed by atoms with Crippen molar-refractivity contribution in [3.05, 3.63) is 105 Å². The van der Waals surface area contributed by atoms with Crippen LogP contribution in [-0.2, 0) is 0 Å². The molecule has 0 fully saturated rings. The van der Waals surface area contributed by atoms with Gasteiger partial charge in [-0.2, -0.15) is 5.10 Å². The van der Waals surface area contributed by atoms with Crippen LogP contribution < -0.4 is 10.2 Å². The highest BCUT2D eigenvalue weighted by atomic mass is 16.6. The van der Waals surface area contributed by atoms with Crippen molar-refractivity contribution in [1.82, 2.24) is 5.43 Å². The highest BCUT2D eigenvalue weighted by Crippen LogP contribution is 2.30. The first-order valence-corrected chi connectivity index (χ1v) is 8.90. The number of nitrogens with one attached hydrogen (secondary N) is 1. The molecule has 1 N–H and O–H groups in total. The molecule has 0 bridgehead atoms. The fourth-order valence-electron chi connectivity index (χ4n) is 2.64. The number of hydrogen-bond donors (Lipinski definition) is 1. The monoisotopic (exact) mass is 403 g/mol. The quantitative estimate of drug-likeness (QED) is 0.221. The second-order valence-corrected chi connectivity index (χ2v) is 6.28. The maximum absolute atomic E-state index is 12.5. The predicted molar refractivity (Wildman–Crippen MR) is 111 cm³/mol. The summed E-state index contributed by atoms with van der Waals surface area (Å²) in [7, 11) is 0. The lowest BCUT2D eigenvalue weighted by Gasteiger charge is -2.08. The molecule has 1 amide bonds. The van der Waals surface area contributed by atoms with E-state index in [1.165, 1.54) is 24.4 Å². The molecule has 3 aromatic carbocycles. The highest BCUT2D eigenvalue weighted by molar-refractivity contribution is 5.96. The Kier molecular flexibility index (Phi) is 6.29. The zero-order valence-electron chi connectivity index (χ0n) is 15.9. The average Bonchev–Trinajstić information content (AvgIpc) is 2.75. The van der Waals surface area contributed by atoms with Crippen LogP contribution in [-0.4, -0.2) is 23.0 Å². The normalized spacial score (nSPS) is 10.6. The van der Waals surface area contributed by atoms with Crippen LogP contribution in [0.5, 0.6) is 5.75 Å². The van der Waals surface area contributed by atoms with E-state index in [1.54, 1.807) is 48.5 Å². The minimum Gasteiger partial charge on any atom is -0.415 e. The van der Waals surface area contributed by atoms with Gasteiger partial charge in [-0.25, -0.2) is 10.2 Å². The van der Waals surface area contributed by atoms with Crippen molar-refractivity contribution >= 4 is 23.8 Å². The molecule has 0 spiro atoms. The summed E-state index contributed by atoms with van der Waals surface area (Å²) in [6.45, 7) is 1.81. The number of para-hydroxylation sites is 1. The number of esters is 1. The molecule has 0 aliphatic carbocycles. The van der Waals surface area contributed by atoms with Crippen LogP contribution in [0.4, 0.5) is 5.69 Å². The Morgan fingerprint density at radius 3 is 2.40 bits per heavy atom. The third-order valence-corrected chi connectivity index (χ3v) is 4.08. The standard InChI is InChI=1S/C22H17N3O5/c1-15-7-5-10-17(13-15)22(27)30-20-18(11-6-12-19(20)25(28)29)14-23-24-21(26)16-8-3-2-4-9-16/h2-14H,1H3,(H,24,26)/b23-14+. The third kappa shape index (κ3) is 4.93. The molecule has 0 saturated carbocycles. The lowest BCUT2D eigenvalue weighted by atomic mass is 10.1. The largest absolute Gasteiger partial charge is 0.415 e. The molecule has 0 saturated heterocycles. The highest BCUT2D eigenvalue weighted by Gasteiger charge is 2.22. The minimum absolute atomic E-state index is 0.165. The number of amides is 1. The lowest BCUT2D eigenvalue weighted by Crippen LogP contribution is -2.17. The van der Waals surface area contributed by atoms with Crippen LogP contribution in [0.15, 0.2) is 77.9 Å². The maximum Gasteiger partial charge on any atom is 0.343 e. The van der Waals surface area contributed by atoms with Crippen LogP contribution in [0.25, 0.3) is 0 Å². The molecular weight excluding hydrogens is 386 g/mol. The Labute approximate surface area is 172 Å². The summed E-state index contributed by atoms with van der Waals surface area (Å²) < 4.78 is 5.34. The van der Waals surface area contributed by atoms with E-state index in [9.17, 15) is 19.7 Å². The number of aryl methyl sites for hydroxylation is 1. The maximum atomic E-state index is 12.5. The van der Waals surface area contributed by atoms with Gasteiger partial charge in [0.15, 0.2) is 0 Å². The number of ether oxygens (including phenoxy) is 1. The number of hydrogen-bond acceptors (Lipinski definition) is 6. The van der Waals surface area contributed by atoms with Crippen LogP contribution >= 0.6 is 0 Å². The molecule has 8 nitrogen and oxygen atoms in total. The van der Waals surface area contributed by atoms with Gasteiger partial charge in [-0.15, -0.1) is 0 Å². The van der Waals surface area contributed by atoms with Gasteiger partial charge in [0, 0.05) is 17.2 Å². The van der Waals surface area contributed by atoms with E-state index < -0.39 is 22.5 Å². The molecule has 0 radical (unpaired) electrons. The summed E-state index contributed by atoms with van der Waals surface area (Å²) >= 11 is 0. The number of benzene rings is 3. The summed E-state index contributed by atoms with van der Waals surface area (Å²) in [5.74, 6) is -1.45. The van der Waals surface area contributed by atoms with E-state index in [-0.39, 0.29) is 16.9 Å². The van der Waals surface area contributed by atoms with Crippen molar-refractivity contribution in [2.45, 2.75) is 6.92 Å². The lowest BCUT2D eigenvalue weighted by molar-refractivity contribution is -0.385. The predicted octanol–water partition coefficient (Wildman–Crippen LogP) is 3.89. The number of rotatable bonds is 6. The Bertz CT molecular complexity index is 1130. The van der Waals surface area contributed by atoms with Crippen molar-refractivity contribution in [2.24, 2.45) is 5.10 Å². The van der Waals surface area contributed by atoms with Gasteiger partial charge in [0.05, 0.1) is 16.7 Å². The fourth-order valence-corrected chi connectivity index (χ4v) is 2.64. The molecule has 8 heteroatoms. The van der Waals surface area contributed by atoms with Crippen molar-refractivity contribution in [3.8, 4) is 5.75 Å². The van der Waals surface area contributed by atoms with Crippen LogP contribution in [0.3, 0.4) is 0 Å². The van der Waals surface area contributed by atoms with E-state index in [0.717, 1.165) is 5.56 Å². The minimum atomic E-state index is -0.740. The van der Waals surface area contributed by atoms with Crippen molar-refractivity contribution in [2.75, 3.05) is 0 Å². The number of carbonyl (C=O) groups is 2. The second-order valence-electron chi connectivity index (χ2n) is 6.28. The Balaban J connectivity index is 1.86.